The topological polar surface area (TPSA) is 103 Å². The number of anilines is 1. The van der Waals surface area contributed by atoms with Crippen LogP contribution in [0.15, 0.2) is 41.9 Å². The molecule has 0 unspecified atom stereocenters. The van der Waals surface area contributed by atoms with Gasteiger partial charge in [-0.2, -0.15) is 0 Å². The van der Waals surface area contributed by atoms with Crippen LogP contribution in [0.2, 0.25) is 0 Å². The van der Waals surface area contributed by atoms with E-state index in [4.69, 9.17) is 0 Å². The molecule has 9 heteroatoms. The molecule has 0 saturated carbocycles. The third kappa shape index (κ3) is 6.14. The van der Waals surface area contributed by atoms with Crippen molar-refractivity contribution in [2.24, 2.45) is 5.92 Å². The van der Waals surface area contributed by atoms with E-state index >= 15 is 0 Å². The first-order valence-corrected chi connectivity index (χ1v) is 10.0. The van der Waals surface area contributed by atoms with Crippen LogP contribution in [0.3, 0.4) is 0 Å². The molecule has 8 nitrogen and oxygen atoms in total. The molecule has 0 aliphatic carbocycles. The Morgan fingerprint density at radius 2 is 1.96 bits per heavy atom. The van der Waals surface area contributed by atoms with E-state index in [1.165, 1.54) is 0 Å². The summed E-state index contributed by atoms with van der Waals surface area (Å²) in [5.74, 6) is 0.0501. The van der Waals surface area contributed by atoms with Crippen molar-refractivity contribution in [1.29, 1.82) is 0 Å². The molecular formula is C19H23N5O3S. The van der Waals surface area contributed by atoms with Crippen LogP contribution in [0.1, 0.15) is 17.7 Å². The third-order valence-corrected chi connectivity index (χ3v) is 5.37. The van der Waals surface area contributed by atoms with Crippen molar-refractivity contribution in [3.8, 4) is 0 Å². The van der Waals surface area contributed by atoms with Crippen molar-refractivity contribution in [1.82, 2.24) is 20.5 Å². The van der Waals surface area contributed by atoms with Gasteiger partial charge in [-0.15, -0.1) is 11.3 Å². The normalized spacial score (nSPS) is 15.0. The molecule has 0 spiro atoms. The first kappa shape index (κ1) is 20.0. The number of rotatable bonds is 6. The molecule has 2 aromatic rings. The van der Waals surface area contributed by atoms with Crippen LogP contribution in [0, 0.1) is 5.92 Å². The Balaban J connectivity index is 1.34. The fourth-order valence-electron chi connectivity index (χ4n) is 3.01. The fourth-order valence-corrected chi connectivity index (χ4v) is 3.66. The molecule has 0 radical (unpaired) electrons. The van der Waals surface area contributed by atoms with Crippen LogP contribution < -0.4 is 16.0 Å². The first-order valence-electron chi connectivity index (χ1n) is 9.14. The number of hydrogen-bond donors (Lipinski definition) is 3. The summed E-state index contributed by atoms with van der Waals surface area (Å²) in [6.07, 6.45) is 2.96. The lowest BCUT2D eigenvalue weighted by Gasteiger charge is -2.30. The highest BCUT2D eigenvalue weighted by Gasteiger charge is 2.26. The largest absolute Gasteiger partial charge is 0.333 e. The van der Waals surface area contributed by atoms with Crippen LogP contribution >= 0.6 is 11.3 Å². The van der Waals surface area contributed by atoms with Gasteiger partial charge < -0.3 is 10.6 Å². The van der Waals surface area contributed by atoms with E-state index in [0.717, 1.165) is 4.88 Å². The minimum atomic E-state index is -0.497. The number of imide groups is 1. The van der Waals surface area contributed by atoms with Crippen molar-refractivity contribution in [2.75, 3.05) is 25.0 Å². The summed E-state index contributed by atoms with van der Waals surface area (Å²) in [5.41, 5.74) is 0. The third-order valence-electron chi connectivity index (χ3n) is 4.50. The average Bonchev–Trinajstić information content (AvgIpc) is 3.21. The molecule has 3 rings (SSSR count). The minimum Gasteiger partial charge on any atom is -0.333 e. The van der Waals surface area contributed by atoms with Gasteiger partial charge in [-0.1, -0.05) is 12.1 Å². The summed E-state index contributed by atoms with van der Waals surface area (Å²) in [7, 11) is 0. The molecule has 3 N–H and O–H groups in total. The number of nitrogens with one attached hydrogen (secondary N) is 3. The van der Waals surface area contributed by atoms with E-state index in [0.29, 0.717) is 38.3 Å². The molecule has 1 aliphatic rings. The van der Waals surface area contributed by atoms with Crippen LogP contribution in [-0.4, -0.2) is 47.4 Å². The number of aromatic nitrogens is 1. The first-order chi connectivity index (χ1) is 13.6. The zero-order valence-electron chi connectivity index (χ0n) is 15.4. The maximum atomic E-state index is 12.3. The highest BCUT2D eigenvalue weighted by atomic mass is 32.1. The smallest absolute Gasteiger partial charge is 0.321 e. The predicted octanol–water partition coefficient (Wildman–Crippen LogP) is 1.82. The zero-order chi connectivity index (χ0) is 19.8. The maximum absolute atomic E-state index is 12.3. The lowest BCUT2D eigenvalue weighted by molar-refractivity contribution is -0.122. The van der Waals surface area contributed by atoms with E-state index in [1.807, 2.05) is 28.5 Å². The Labute approximate surface area is 167 Å². The quantitative estimate of drug-likeness (QED) is 0.685. The number of thiophene rings is 1. The van der Waals surface area contributed by atoms with E-state index in [-0.39, 0.29) is 24.3 Å². The number of pyridine rings is 1. The van der Waals surface area contributed by atoms with Crippen molar-refractivity contribution < 1.29 is 14.4 Å². The fraction of sp³-hybridized carbons (Fsp3) is 0.368. The van der Waals surface area contributed by atoms with Gasteiger partial charge in [-0.05, 0) is 49.5 Å². The van der Waals surface area contributed by atoms with Crippen LogP contribution in [0.4, 0.5) is 10.6 Å². The lowest BCUT2D eigenvalue weighted by Crippen LogP contribution is -2.46. The van der Waals surface area contributed by atoms with Gasteiger partial charge in [0, 0.05) is 17.0 Å². The van der Waals surface area contributed by atoms with E-state index in [9.17, 15) is 14.4 Å². The molecule has 1 fully saturated rings. The summed E-state index contributed by atoms with van der Waals surface area (Å²) in [6.45, 7) is 1.80. The highest BCUT2D eigenvalue weighted by Crippen LogP contribution is 2.18. The summed E-state index contributed by atoms with van der Waals surface area (Å²) < 4.78 is 0. The number of nitrogens with zero attached hydrogens (tertiary/aromatic N) is 2. The van der Waals surface area contributed by atoms with E-state index in [2.05, 4.69) is 20.9 Å². The van der Waals surface area contributed by atoms with Gasteiger partial charge in [0.1, 0.15) is 5.82 Å². The van der Waals surface area contributed by atoms with E-state index < -0.39 is 6.03 Å². The Kier molecular flexibility index (Phi) is 7.10. The molecule has 0 atom stereocenters. The number of amides is 4. The van der Waals surface area contributed by atoms with Gasteiger partial charge in [-0.3, -0.25) is 19.8 Å². The molecular weight excluding hydrogens is 378 g/mol. The summed E-state index contributed by atoms with van der Waals surface area (Å²) in [5, 5.41) is 9.75. The molecule has 0 bridgehead atoms. The molecule has 0 aromatic carbocycles. The lowest BCUT2D eigenvalue weighted by atomic mass is 9.96. The number of urea groups is 1. The predicted molar refractivity (Wildman–Crippen MR) is 107 cm³/mol. The second-order valence-electron chi connectivity index (χ2n) is 6.56. The molecule has 1 aliphatic heterocycles. The standard InChI is InChI=1S/C19H23N5O3S/c25-17(23-19(27)21-12-15-4-3-11-28-15)13-24-9-6-14(7-10-24)18(26)22-16-5-1-2-8-20-16/h1-5,8,11,14H,6-7,9-10,12-13H2,(H,20,22,26)(H2,21,23,25,27). The van der Waals surface area contributed by atoms with Crippen molar-refractivity contribution in [3.05, 3.63) is 46.8 Å². The Morgan fingerprint density at radius 3 is 2.64 bits per heavy atom. The van der Waals surface area contributed by atoms with Crippen LogP contribution in [0.5, 0.6) is 0 Å². The van der Waals surface area contributed by atoms with Gasteiger partial charge in [0.2, 0.25) is 11.8 Å². The molecule has 4 amide bonds. The molecule has 3 heterocycles. The number of hydrogen-bond acceptors (Lipinski definition) is 6. The molecule has 2 aromatic heterocycles. The average molecular weight is 401 g/mol. The Bertz CT molecular complexity index is 789. The van der Waals surface area contributed by atoms with Crippen molar-refractivity contribution >= 4 is 35.0 Å². The summed E-state index contributed by atoms with van der Waals surface area (Å²) in [4.78, 5) is 43.2. The molecule has 148 valence electrons. The minimum absolute atomic E-state index is 0.0456. The van der Waals surface area contributed by atoms with Gasteiger partial charge in [-0.25, -0.2) is 9.78 Å². The van der Waals surface area contributed by atoms with Gasteiger partial charge in [0.05, 0.1) is 13.1 Å². The van der Waals surface area contributed by atoms with Gasteiger partial charge in [0.15, 0.2) is 0 Å². The molecule has 1 saturated heterocycles. The number of carbonyl (C=O) groups excluding carboxylic acids is 3. The Morgan fingerprint density at radius 1 is 1.14 bits per heavy atom. The van der Waals surface area contributed by atoms with Crippen molar-refractivity contribution in [2.45, 2.75) is 19.4 Å². The highest BCUT2D eigenvalue weighted by molar-refractivity contribution is 7.09. The van der Waals surface area contributed by atoms with Crippen LogP contribution in [0.25, 0.3) is 0 Å². The Hall–Kier alpha value is -2.78. The maximum Gasteiger partial charge on any atom is 0.321 e. The van der Waals surface area contributed by atoms with E-state index in [1.54, 1.807) is 29.7 Å². The summed E-state index contributed by atoms with van der Waals surface area (Å²) >= 11 is 1.54. The van der Waals surface area contributed by atoms with Gasteiger partial charge in [0.25, 0.3) is 0 Å². The second-order valence-corrected chi connectivity index (χ2v) is 7.60. The SMILES string of the molecule is O=C(CN1CCC(C(=O)Nc2ccccn2)CC1)NC(=O)NCc1cccs1. The summed E-state index contributed by atoms with van der Waals surface area (Å²) in [6, 6.07) is 8.69. The second kappa shape index (κ2) is 9.95. The van der Waals surface area contributed by atoms with Crippen molar-refractivity contribution in [3.63, 3.8) is 0 Å². The van der Waals surface area contributed by atoms with Gasteiger partial charge >= 0.3 is 6.03 Å². The van der Waals surface area contributed by atoms with Crippen LogP contribution in [-0.2, 0) is 16.1 Å². The number of carbonyl (C=O) groups is 3. The number of piperidine rings is 1. The zero-order valence-corrected chi connectivity index (χ0v) is 16.2. The molecule has 28 heavy (non-hydrogen) atoms. The monoisotopic (exact) mass is 401 g/mol. The number of likely N-dealkylation sites (tertiary alicyclic amines) is 1.